The number of carbonyl (C=O) groups is 1. The molecule has 0 bridgehead atoms. The van der Waals surface area contributed by atoms with E-state index in [2.05, 4.69) is 33.0 Å². The second kappa shape index (κ2) is 4.71. The van der Waals surface area contributed by atoms with E-state index in [1.165, 1.54) is 5.56 Å². The largest absolute Gasteiger partial charge is 0.477 e. The smallest absolute Gasteiger partial charge is 0.352 e. The number of benzene rings is 2. The molecule has 1 aromatic heterocycles. The van der Waals surface area contributed by atoms with Crippen LogP contribution in [-0.2, 0) is 5.41 Å². The Morgan fingerprint density at radius 1 is 1.14 bits per heavy atom. The summed E-state index contributed by atoms with van der Waals surface area (Å²) < 4.78 is 0.959. The number of H-pyrrole nitrogens is 1. The van der Waals surface area contributed by atoms with Gasteiger partial charge in [0.2, 0.25) is 0 Å². The molecule has 22 heavy (non-hydrogen) atoms. The van der Waals surface area contributed by atoms with E-state index in [1.54, 1.807) is 0 Å². The zero-order valence-electron chi connectivity index (χ0n) is 11.8. The normalized spacial score (nSPS) is 15.9. The lowest BCUT2D eigenvalue weighted by Gasteiger charge is -2.17. The molecule has 3 aromatic rings. The Hall–Kier alpha value is -2.07. The van der Waals surface area contributed by atoms with E-state index in [1.807, 2.05) is 36.4 Å². The van der Waals surface area contributed by atoms with Gasteiger partial charge in [0.15, 0.2) is 0 Å². The van der Waals surface area contributed by atoms with Gasteiger partial charge in [0.1, 0.15) is 5.69 Å². The van der Waals surface area contributed by atoms with Crippen molar-refractivity contribution in [3.63, 3.8) is 0 Å². The average Bonchev–Trinajstić information content (AvgIpc) is 3.23. The van der Waals surface area contributed by atoms with Gasteiger partial charge >= 0.3 is 5.97 Å². The highest BCUT2D eigenvalue weighted by Crippen LogP contribution is 2.56. The Morgan fingerprint density at radius 3 is 2.50 bits per heavy atom. The summed E-state index contributed by atoms with van der Waals surface area (Å²) in [4.78, 5) is 14.8. The first-order valence-electron chi connectivity index (χ1n) is 7.22. The maximum atomic E-state index is 11.7. The summed E-state index contributed by atoms with van der Waals surface area (Å²) in [6.45, 7) is 0. The molecule has 0 spiro atoms. The summed E-state index contributed by atoms with van der Waals surface area (Å²) in [5.74, 6) is -0.899. The van der Waals surface area contributed by atoms with Crippen molar-refractivity contribution in [2.24, 2.45) is 0 Å². The summed E-state index contributed by atoms with van der Waals surface area (Å²) >= 11 is 3.49. The van der Waals surface area contributed by atoms with Crippen LogP contribution in [0.4, 0.5) is 0 Å². The van der Waals surface area contributed by atoms with Crippen molar-refractivity contribution in [3.8, 4) is 0 Å². The Balaban J connectivity index is 2.03. The molecule has 2 N–H and O–H groups in total. The van der Waals surface area contributed by atoms with Crippen molar-refractivity contribution in [3.05, 3.63) is 69.8 Å². The fourth-order valence-corrected chi connectivity index (χ4v) is 3.75. The van der Waals surface area contributed by atoms with Gasteiger partial charge < -0.3 is 10.1 Å². The molecule has 4 heteroatoms. The lowest BCUT2D eigenvalue weighted by atomic mass is 9.86. The topological polar surface area (TPSA) is 53.1 Å². The van der Waals surface area contributed by atoms with Gasteiger partial charge in [-0.1, -0.05) is 46.3 Å². The first-order valence-corrected chi connectivity index (χ1v) is 8.02. The van der Waals surface area contributed by atoms with E-state index in [0.29, 0.717) is 5.69 Å². The number of fused-ring (bicyclic) bond motifs is 1. The molecule has 110 valence electrons. The van der Waals surface area contributed by atoms with E-state index in [-0.39, 0.29) is 5.41 Å². The first-order chi connectivity index (χ1) is 10.6. The van der Waals surface area contributed by atoms with E-state index >= 15 is 0 Å². The highest BCUT2D eigenvalue weighted by Gasteiger charge is 2.49. The predicted molar refractivity (Wildman–Crippen MR) is 89.4 cm³/mol. The Kier molecular flexibility index (Phi) is 2.91. The summed E-state index contributed by atoms with van der Waals surface area (Å²) in [6, 6.07) is 16.1. The van der Waals surface area contributed by atoms with Crippen LogP contribution >= 0.6 is 15.9 Å². The van der Waals surface area contributed by atoms with Crippen LogP contribution in [0.2, 0.25) is 0 Å². The maximum Gasteiger partial charge on any atom is 0.352 e. The van der Waals surface area contributed by atoms with E-state index in [4.69, 9.17) is 0 Å². The number of aromatic nitrogens is 1. The molecule has 2 aromatic carbocycles. The van der Waals surface area contributed by atoms with Crippen LogP contribution in [-0.4, -0.2) is 16.1 Å². The Labute approximate surface area is 136 Å². The lowest BCUT2D eigenvalue weighted by molar-refractivity contribution is 0.0689. The Bertz CT molecular complexity index is 879. The van der Waals surface area contributed by atoms with Crippen LogP contribution in [0, 0.1) is 0 Å². The molecule has 1 fully saturated rings. The fourth-order valence-electron chi connectivity index (χ4n) is 3.39. The highest BCUT2D eigenvalue weighted by molar-refractivity contribution is 9.10. The van der Waals surface area contributed by atoms with Gasteiger partial charge in [-0.25, -0.2) is 4.79 Å². The second-order valence-corrected chi connectivity index (χ2v) is 6.73. The van der Waals surface area contributed by atoms with Crippen molar-refractivity contribution >= 4 is 32.8 Å². The summed E-state index contributed by atoms with van der Waals surface area (Å²) in [7, 11) is 0. The predicted octanol–water partition coefficient (Wildman–Crippen LogP) is 4.71. The van der Waals surface area contributed by atoms with Gasteiger partial charge in [0.05, 0.1) is 0 Å². The third-order valence-electron chi connectivity index (χ3n) is 4.53. The van der Waals surface area contributed by atoms with Gasteiger partial charge in [-0.3, -0.25) is 0 Å². The molecule has 1 aliphatic carbocycles. The molecule has 1 aliphatic rings. The van der Waals surface area contributed by atoms with Crippen LogP contribution in [0.3, 0.4) is 0 Å². The van der Waals surface area contributed by atoms with Crippen LogP contribution in [0.5, 0.6) is 0 Å². The van der Waals surface area contributed by atoms with Crippen molar-refractivity contribution in [2.75, 3.05) is 0 Å². The molecular weight excluding hydrogens is 342 g/mol. The summed E-state index contributed by atoms with van der Waals surface area (Å²) in [5.41, 5.74) is 3.13. The molecule has 3 nitrogen and oxygen atoms in total. The minimum Gasteiger partial charge on any atom is -0.477 e. The first kappa shape index (κ1) is 13.6. The third-order valence-corrected chi connectivity index (χ3v) is 5.02. The van der Waals surface area contributed by atoms with Crippen LogP contribution in [0.15, 0.2) is 53.0 Å². The second-order valence-electron chi connectivity index (χ2n) is 5.82. The van der Waals surface area contributed by atoms with E-state index in [0.717, 1.165) is 33.8 Å². The molecule has 0 saturated heterocycles. The van der Waals surface area contributed by atoms with Gasteiger partial charge in [-0.2, -0.15) is 0 Å². The van der Waals surface area contributed by atoms with Gasteiger partial charge in [-0.05, 0) is 36.6 Å². The van der Waals surface area contributed by atoms with E-state index < -0.39 is 5.97 Å². The number of hydrogen-bond acceptors (Lipinski definition) is 1. The fraction of sp³-hybridized carbons (Fsp3) is 0.167. The molecule has 1 saturated carbocycles. The number of nitrogens with one attached hydrogen (secondary N) is 1. The Morgan fingerprint density at radius 2 is 1.86 bits per heavy atom. The minimum absolute atomic E-state index is 0.173. The van der Waals surface area contributed by atoms with Gasteiger partial charge in [-0.15, -0.1) is 0 Å². The van der Waals surface area contributed by atoms with Crippen LogP contribution in [0.25, 0.3) is 10.9 Å². The number of carboxylic acids is 1. The lowest BCUT2D eigenvalue weighted by Crippen LogP contribution is -2.13. The zero-order chi connectivity index (χ0) is 15.3. The van der Waals surface area contributed by atoms with Crippen molar-refractivity contribution in [1.29, 1.82) is 0 Å². The average molecular weight is 356 g/mol. The number of rotatable bonds is 3. The number of aromatic carboxylic acids is 1. The molecule has 0 amide bonds. The number of carboxylic acid groups (broad SMARTS) is 1. The molecule has 4 rings (SSSR count). The SMILES string of the molecule is O=C(O)c1[nH]c2ccc(Br)cc2c1C1(c2ccccc2)CC1. The molecule has 0 radical (unpaired) electrons. The molecule has 0 aliphatic heterocycles. The maximum absolute atomic E-state index is 11.7. The van der Waals surface area contributed by atoms with Crippen molar-refractivity contribution < 1.29 is 9.90 Å². The van der Waals surface area contributed by atoms with E-state index in [9.17, 15) is 9.90 Å². The number of hydrogen-bond donors (Lipinski definition) is 2. The van der Waals surface area contributed by atoms with Crippen LogP contribution in [0.1, 0.15) is 34.5 Å². The van der Waals surface area contributed by atoms with Crippen molar-refractivity contribution in [1.82, 2.24) is 4.98 Å². The third kappa shape index (κ3) is 1.91. The standard InChI is InChI=1S/C18H14BrNO2/c19-12-6-7-14-13(10-12)15(16(20-14)17(21)22)18(8-9-18)11-4-2-1-3-5-11/h1-7,10,20H,8-9H2,(H,21,22). The monoisotopic (exact) mass is 355 g/mol. The van der Waals surface area contributed by atoms with Gasteiger partial charge in [0.25, 0.3) is 0 Å². The number of halogens is 1. The molecule has 1 heterocycles. The molecule has 0 atom stereocenters. The summed E-state index contributed by atoms with van der Waals surface area (Å²) in [5, 5.41) is 10.6. The number of aromatic amines is 1. The van der Waals surface area contributed by atoms with Gasteiger partial charge in [0, 0.05) is 26.4 Å². The quantitative estimate of drug-likeness (QED) is 0.714. The van der Waals surface area contributed by atoms with Crippen LogP contribution < -0.4 is 0 Å². The minimum atomic E-state index is -0.899. The van der Waals surface area contributed by atoms with Crippen molar-refractivity contribution in [2.45, 2.75) is 18.3 Å². The zero-order valence-corrected chi connectivity index (χ0v) is 13.4. The highest BCUT2D eigenvalue weighted by atomic mass is 79.9. The summed E-state index contributed by atoms with van der Waals surface area (Å²) in [6.07, 6.45) is 1.97. The molecule has 0 unspecified atom stereocenters. The molecular formula is C18H14BrNO2.